The lowest BCUT2D eigenvalue weighted by atomic mass is 9.98. The lowest BCUT2D eigenvalue weighted by Gasteiger charge is -2.21. The number of rotatable bonds is 16. The van der Waals surface area contributed by atoms with Gasteiger partial charge in [0.2, 0.25) is 0 Å². The van der Waals surface area contributed by atoms with Gasteiger partial charge < -0.3 is 9.47 Å². The summed E-state index contributed by atoms with van der Waals surface area (Å²) in [5.41, 5.74) is 0. The summed E-state index contributed by atoms with van der Waals surface area (Å²) in [6, 6.07) is 3.74. The SMILES string of the molecule is CCCCC(CC)COc1c2c(c(OCCCC(CC)CC)c3c1S/C(=C(\C#N)S(C)(=O)=O)S3)S/C(=C(\C#N)S(C)(=O)=O)S2. The zero-order chi connectivity index (χ0) is 32.7. The minimum absolute atomic E-state index is 0.293. The highest BCUT2D eigenvalue weighted by atomic mass is 32.2. The van der Waals surface area contributed by atoms with Gasteiger partial charge in [0.1, 0.15) is 23.6 Å². The third kappa shape index (κ3) is 8.89. The third-order valence-corrected chi connectivity index (χ3v) is 15.3. The third-order valence-electron chi connectivity index (χ3n) is 7.50. The van der Waals surface area contributed by atoms with Gasteiger partial charge in [-0.1, -0.05) is 107 Å². The summed E-state index contributed by atoms with van der Waals surface area (Å²) in [6.45, 7) is 9.44. The number of hydrogen-bond donors (Lipinski definition) is 0. The van der Waals surface area contributed by atoms with Crippen molar-refractivity contribution in [2.24, 2.45) is 11.8 Å². The molecular weight excluding hydrogens is 677 g/mol. The van der Waals surface area contributed by atoms with Crippen molar-refractivity contribution >= 4 is 66.7 Å². The molecule has 0 bridgehead atoms. The normalized spacial score (nSPS) is 17.5. The highest BCUT2D eigenvalue weighted by Crippen LogP contribution is 2.68. The van der Waals surface area contributed by atoms with Crippen LogP contribution in [0.1, 0.15) is 79.1 Å². The zero-order valence-electron chi connectivity index (χ0n) is 26.0. The van der Waals surface area contributed by atoms with E-state index in [0.29, 0.717) is 64.6 Å². The first-order valence-corrected chi connectivity index (χ1v) is 21.8. The summed E-state index contributed by atoms with van der Waals surface area (Å²) in [6.07, 6.45) is 10.0. The molecule has 0 saturated heterocycles. The molecule has 3 rings (SSSR count). The Bertz CT molecular complexity index is 1500. The molecule has 0 amide bonds. The van der Waals surface area contributed by atoms with Crippen LogP contribution in [0.3, 0.4) is 0 Å². The van der Waals surface area contributed by atoms with Crippen LogP contribution in [0.15, 0.2) is 37.9 Å². The molecule has 0 aliphatic carbocycles. The van der Waals surface area contributed by atoms with Gasteiger partial charge in [-0.3, -0.25) is 0 Å². The van der Waals surface area contributed by atoms with Gasteiger partial charge in [0.05, 0.1) is 41.3 Å². The van der Waals surface area contributed by atoms with Gasteiger partial charge >= 0.3 is 0 Å². The molecular formula is C30H40N2O6S6. The number of sulfone groups is 2. The zero-order valence-corrected chi connectivity index (χ0v) is 30.9. The summed E-state index contributed by atoms with van der Waals surface area (Å²) >= 11 is 4.66. The Kier molecular flexibility index (Phi) is 13.8. The predicted molar refractivity (Wildman–Crippen MR) is 182 cm³/mol. The minimum Gasteiger partial charge on any atom is -0.491 e. The van der Waals surface area contributed by atoms with Gasteiger partial charge in [-0.05, 0) is 31.1 Å². The molecule has 2 heterocycles. The fourth-order valence-electron chi connectivity index (χ4n) is 4.75. The van der Waals surface area contributed by atoms with Gasteiger partial charge in [0.25, 0.3) is 0 Å². The molecule has 0 fully saturated rings. The van der Waals surface area contributed by atoms with Crippen LogP contribution in [0.2, 0.25) is 0 Å². The lowest BCUT2D eigenvalue weighted by molar-refractivity contribution is 0.219. The Morgan fingerprint density at radius 2 is 1.09 bits per heavy atom. The van der Waals surface area contributed by atoms with Crippen molar-refractivity contribution in [2.45, 2.75) is 98.6 Å². The standard InChI is InChI=1S/C30H40N2O6S6/c1-7-11-13-20(10-4)18-38-24-27-25(39-29(41-27)21(16-31)43(5,33)34)23(37-15-12-14-19(8-2)9-3)26-28(24)42-30(40-26)22(17-32)44(6,35)36/h19-20H,7-15,18H2,1-6H3/b29-21-,30-22+. The number of thioether (sulfide) groups is 4. The first kappa shape index (κ1) is 37.0. The second-order valence-electron chi connectivity index (χ2n) is 10.8. The van der Waals surface area contributed by atoms with Crippen LogP contribution >= 0.6 is 47.0 Å². The lowest BCUT2D eigenvalue weighted by Crippen LogP contribution is -2.12. The Balaban J connectivity index is 2.21. The van der Waals surface area contributed by atoms with Crippen molar-refractivity contribution in [3.63, 3.8) is 0 Å². The number of allylic oxidation sites excluding steroid dienone is 2. The van der Waals surface area contributed by atoms with E-state index < -0.39 is 19.7 Å². The number of unbranched alkanes of at least 4 members (excludes halogenated alkanes) is 1. The van der Waals surface area contributed by atoms with Crippen molar-refractivity contribution < 1.29 is 26.3 Å². The highest BCUT2D eigenvalue weighted by molar-refractivity contribution is 8.26. The van der Waals surface area contributed by atoms with E-state index in [9.17, 15) is 27.4 Å². The maximum atomic E-state index is 12.5. The summed E-state index contributed by atoms with van der Waals surface area (Å²) in [5, 5.41) is 19.6. The van der Waals surface area contributed by atoms with Gasteiger partial charge in [-0.15, -0.1) is 0 Å². The molecule has 0 radical (unpaired) electrons. The molecule has 0 aromatic heterocycles. The molecule has 44 heavy (non-hydrogen) atoms. The largest absolute Gasteiger partial charge is 0.491 e. The van der Waals surface area contributed by atoms with E-state index in [1.54, 1.807) is 0 Å². The Hall–Kier alpha value is -1.42. The second-order valence-corrected chi connectivity index (χ2v) is 19.3. The number of ether oxygens (including phenoxy) is 2. The first-order chi connectivity index (χ1) is 20.8. The number of benzene rings is 1. The van der Waals surface area contributed by atoms with Crippen LogP contribution in [0.5, 0.6) is 11.5 Å². The fourth-order valence-corrected chi connectivity index (χ4v) is 13.0. The average Bonchev–Trinajstić information content (AvgIpc) is 3.58. The van der Waals surface area contributed by atoms with E-state index in [-0.39, 0.29) is 9.81 Å². The maximum Gasteiger partial charge on any atom is 0.187 e. The average molecular weight is 717 g/mol. The van der Waals surface area contributed by atoms with Crippen molar-refractivity contribution in [1.82, 2.24) is 0 Å². The maximum absolute atomic E-state index is 12.5. The molecule has 8 nitrogen and oxygen atoms in total. The predicted octanol–water partition coefficient (Wildman–Crippen LogP) is 8.75. The minimum atomic E-state index is -3.80. The van der Waals surface area contributed by atoms with Gasteiger partial charge in [0.15, 0.2) is 29.5 Å². The molecule has 2 aliphatic rings. The molecule has 14 heteroatoms. The van der Waals surface area contributed by atoms with Crippen LogP contribution < -0.4 is 9.47 Å². The summed E-state index contributed by atoms with van der Waals surface area (Å²) in [4.78, 5) is 1.96. The van der Waals surface area contributed by atoms with Gasteiger partial charge in [0, 0.05) is 12.5 Å². The van der Waals surface area contributed by atoms with Crippen molar-refractivity contribution in [3.8, 4) is 23.6 Å². The van der Waals surface area contributed by atoms with Crippen LogP contribution in [0.4, 0.5) is 0 Å². The van der Waals surface area contributed by atoms with Crippen molar-refractivity contribution in [1.29, 1.82) is 10.5 Å². The molecule has 0 saturated carbocycles. The van der Waals surface area contributed by atoms with Gasteiger partial charge in [-0.25, -0.2) is 16.8 Å². The van der Waals surface area contributed by atoms with E-state index >= 15 is 0 Å². The Morgan fingerprint density at radius 1 is 0.682 bits per heavy atom. The first-order valence-electron chi connectivity index (χ1n) is 14.7. The van der Waals surface area contributed by atoms with Crippen LogP contribution in [0.25, 0.3) is 0 Å². The number of fused-ring (bicyclic) bond motifs is 2. The van der Waals surface area contributed by atoms with E-state index in [4.69, 9.17) is 9.47 Å². The van der Waals surface area contributed by atoms with Crippen LogP contribution in [0, 0.1) is 34.5 Å². The molecule has 1 aromatic carbocycles. The van der Waals surface area contributed by atoms with E-state index in [0.717, 1.165) is 87.4 Å². The topological polar surface area (TPSA) is 134 Å². The van der Waals surface area contributed by atoms with E-state index in [1.165, 1.54) is 23.5 Å². The highest BCUT2D eigenvalue weighted by Gasteiger charge is 2.40. The second kappa shape index (κ2) is 16.4. The molecule has 1 unspecified atom stereocenters. The molecule has 0 N–H and O–H groups in total. The molecule has 2 aliphatic heterocycles. The van der Waals surface area contributed by atoms with E-state index in [2.05, 4.69) is 27.7 Å². The van der Waals surface area contributed by atoms with Crippen LogP contribution in [-0.4, -0.2) is 42.6 Å². The van der Waals surface area contributed by atoms with Crippen molar-refractivity contribution in [3.05, 3.63) is 18.3 Å². The van der Waals surface area contributed by atoms with E-state index in [1.807, 2.05) is 12.1 Å². The summed E-state index contributed by atoms with van der Waals surface area (Å²) in [7, 11) is -7.59. The monoisotopic (exact) mass is 716 g/mol. The smallest absolute Gasteiger partial charge is 0.187 e. The number of hydrogen-bond acceptors (Lipinski definition) is 12. The number of nitrogens with zero attached hydrogens (tertiary/aromatic N) is 2. The van der Waals surface area contributed by atoms with Crippen molar-refractivity contribution in [2.75, 3.05) is 25.7 Å². The molecule has 1 aromatic rings. The number of nitriles is 2. The summed E-state index contributed by atoms with van der Waals surface area (Å²) in [5.74, 6) is 1.89. The molecule has 242 valence electrons. The fraction of sp³-hybridized carbons (Fsp3) is 0.600. The Morgan fingerprint density at radius 3 is 1.45 bits per heavy atom. The quantitative estimate of drug-likeness (QED) is 0.120. The molecule has 1 atom stereocenters. The van der Waals surface area contributed by atoms with Crippen LogP contribution in [-0.2, 0) is 19.7 Å². The summed E-state index contributed by atoms with van der Waals surface area (Å²) < 4.78 is 63.8. The van der Waals surface area contributed by atoms with Gasteiger partial charge in [-0.2, -0.15) is 10.5 Å². The molecule has 0 spiro atoms. The Labute approximate surface area is 280 Å².